The topological polar surface area (TPSA) is 0 Å². The lowest BCUT2D eigenvalue weighted by molar-refractivity contribution is 0.771. The van der Waals surface area contributed by atoms with Crippen molar-refractivity contribution in [3.63, 3.8) is 0 Å². The van der Waals surface area contributed by atoms with Gasteiger partial charge in [0, 0.05) is 9.50 Å². The fourth-order valence-electron chi connectivity index (χ4n) is 6.74. The number of hydrogen-bond acceptors (Lipinski definition) is 0. The van der Waals surface area contributed by atoms with Crippen molar-refractivity contribution in [2.45, 2.75) is 5.41 Å². The maximum atomic E-state index is 6.80. The minimum absolute atomic E-state index is 0.545. The van der Waals surface area contributed by atoms with Crippen LogP contribution >= 0.6 is 27.5 Å². The molecule has 184 valence electrons. The van der Waals surface area contributed by atoms with E-state index in [4.69, 9.17) is 11.6 Å². The minimum atomic E-state index is -0.545. The van der Waals surface area contributed by atoms with E-state index in [0.717, 1.165) is 9.50 Å². The largest absolute Gasteiger partial charge is 0.0843 e. The van der Waals surface area contributed by atoms with Gasteiger partial charge in [0.05, 0.1) is 5.41 Å². The second kappa shape index (κ2) is 8.55. The van der Waals surface area contributed by atoms with Crippen LogP contribution in [0.4, 0.5) is 0 Å². The fourth-order valence-corrected chi connectivity index (χ4v) is 7.49. The van der Waals surface area contributed by atoms with Gasteiger partial charge < -0.3 is 0 Å². The number of fused-ring (bicyclic) bond motifs is 7. The SMILES string of the molecule is Clc1ccc2c(c1)C(c1ccc3ccccc3c1)(c1ccc3ccccc3c1)c1cc(Br)c3ccccc3c1-2. The molecule has 8 rings (SSSR count). The van der Waals surface area contributed by atoms with Crippen LogP contribution in [0, 0.1) is 0 Å². The summed E-state index contributed by atoms with van der Waals surface area (Å²) >= 11 is 10.8. The Morgan fingerprint density at radius 2 is 1.05 bits per heavy atom. The van der Waals surface area contributed by atoms with Crippen molar-refractivity contribution in [3.05, 3.63) is 165 Å². The summed E-state index contributed by atoms with van der Waals surface area (Å²) in [7, 11) is 0. The standard InChI is InChI=1S/C37H22BrCl/c38-35-22-34-36(31-12-6-5-11-30(31)35)32-18-17-29(39)21-33(32)37(34,27-15-13-23-7-1-3-9-25(23)19-27)28-16-14-24-8-2-4-10-26(24)20-28/h1-22H. The molecule has 0 amide bonds. The van der Waals surface area contributed by atoms with Gasteiger partial charge in [0.15, 0.2) is 0 Å². The zero-order valence-corrected chi connectivity index (χ0v) is 23.3. The first-order valence-electron chi connectivity index (χ1n) is 13.2. The molecule has 39 heavy (non-hydrogen) atoms. The van der Waals surface area contributed by atoms with E-state index >= 15 is 0 Å². The predicted octanol–water partition coefficient (Wildman–Crippen LogP) is 10.9. The third kappa shape index (κ3) is 3.24. The quantitative estimate of drug-likeness (QED) is 0.190. The molecule has 7 aromatic rings. The van der Waals surface area contributed by atoms with Gasteiger partial charge in [0.25, 0.3) is 0 Å². The highest BCUT2D eigenvalue weighted by Gasteiger charge is 2.47. The molecule has 0 aliphatic heterocycles. The Bertz CT molecular complexity index is 2030. The van der Waals surface area contributed by atoms with E-state index < -0.39 is 5.41 Å². The molecular formula is C37H22BrCl. The van der Waals surface area contributed by atoms with Gasteiger partial charge in [-0.25, -0.2) is 0 Å². The molecule has 0 atom stereocenters. The molecule has 1 aliphatic carbocycles. The van der Waals surface area contributed by atoms with Gasteiger partial charge in [-0.1, -0.05) is 131 Å². The fraction of sp³-hybridized carbons (Fsp3) is 0.0270. The summed E-state index contributed by atoms with van der Waals surface area (Å²) in [5.41, 5.74) is 6.94. The average molecular weight is 582 g/mol. The molecule has 0 fully saturated rings. The first-order chi connectivity index (χ1) is 19.1. The first-order valence-corrected chi connectivity index (χ1v) is 14.3. The lowest BCUT2D eigenvalue weighted by atomic mass is 9.67. The molecule has 0 N–H and O–H groups in total. The summed E-state index contributed by atoms with van der Waals surface area (Å²) < 4.78 is 1.10. The monoisotopic (exact) mass is 580 g/mol. The number of halogens is 2. The van der Waals surface area contributed by atoms with Crippen LogP contribution in [0.3, 0.4) is 0 Å². The van der Waals surface area contributed by atoms with Gasteiger partial charge >= 0.3 is 0 Å². The van der Waals surface area contributed by atoms with Gasteiger partial charge in [-0.15, -0.1) is 0 Å². The van der Waals surface area contributed by atoms with Gasteiger partial charge in [0.1, 0.15) is 0 Å². The molecular weight excluding hydrogens is 560 g/mol. The Kier molecular flexibility index (Phi) is 5.04. The van der Waals surface area contributed by atoms with Gasteiger partial charge in [-0.2, -0.15) is 0 Å². The Morgan fingerprint density at radius 1 is 0.487 bits per heavy atom. The highest BCUT2D eigenvalue weighted by atomic mass is 79.9. The number of rotatable bonds is 2. The van der Waals surface area contributed by atoms with Crippen LogP contribution in [0.1, 0.15) is 22.3 Å². The molecule has 0 unspecified atom stereocenters. The summed E-state index contributed by atoms with van der Waals surface area (Å²) in [5, 5.41) is 8.13. The van der Waals surface area contributed by atoms with Crippen LogP contribution < -0.4 is 0 Å². The van der Waals surface area contributed by atoms with Crippen LogP contribution in [0.25, 0.3) is 43.4 Å². The van der Waals surface area contributed by atoms with E-state index in [0.29, 0.717) is 0 Å². The Labute approximate surface area is 240 Å². The third-order valence-corrected chi connectivity index (χ3v) is 9.31. The number of benzene rings is 7. The van der Waals surface area contributed by atoms with Crippen LogP contribution in [0.5, 0.6) is 0 Å². The third-order valence-electron chi connectivity index (χ3n) is 8.42. The molecule has 0 radical (unpaired) electrons. The summed E-state index contributed by atoms with van der Waals surface area (Å²) in [6, 6.07) is 48.5. The van der Waals surface area contributed by atoms with Crippen molar-refractivity contribution in [2.75, 3.05) is 0 Å². The molecule has 0 heterocycles. The first kappa shape index (κ1) is 23.0. The van der Waals surface area contributed by atoms with E-state index in [9.17, 15) is 0 Å². The highest BCUT2D eigenvalue weighted by molar-refractivity contribution is 9.10. The Morgan fingerprint density at radius 3 is 1.69 bits per heavy atom. The molecule has 7 aromatic carbocycles. The van der Waals surface area contributed by atoms with Crippen molar-refractivity contribution in [3.8, 4) is 11.1 Å². The lowest BCUT2D eigenvalue weighted by Crippen LogP contribution is -2.28. The van der Waals surface area contributed by atoms with E-state index in [1.54, 1.807) is 0 Å². The molecule has 1 aliphatic rings. The molecule has 0 spiro atoms. The minimum Gasteiger partial charge on any atom is -0.0843 e. The molecule has 0 aromatic heterocycles. The second-order valence-corrected chi connectivity index (χ2v) is 11.7. The van der Waals surface area contributed by atoms with Crippen LogP contribution in [0.2, 0.25) is 5.02 Å². The summed E-state index contributed by atoms with van der Waals surface area (Å²) in [5.74, 6) is 0. The van der Waals surface area contributed by atoms with Crippen molar-refractivity contribution in [2.24, 2.45) is 0 Å². The van der Waals surface area contributed by atoms with Crippen molar-refractivity contribution >= 4 is 59.8 Å². The van der Waals surface area contributed by atoms with Gasteiger partial charge in [-0.05, 0) is 96.0 Å². The van der Waals surface area contributed by atoms with Crippen LogP contribution in [-0.2, 0) is 5.41 Å². The second-order valence-electron chi connectivity index (χ2n) is 10.4. The van der Waals surface area contributed by atoms with Crippen molar-refractivity contribution in [1.29, 1.82) is 0 Å². The maximum absolute atomic E-state index is 6.80. The molecule has 0 saturated carbocycles. The van der Waals surface area contributed by atoms with Crippen molar-refractivity contribution in [1.82, 2.24) is 0 Å². The smallest absolute Gasteiger partial charge is 0.0715 e. The van der Waals surface area contributed by atoms with Gasteiger partial charge in [0.2, 0.25) is 0 Å². The highest BCUT2D eigenvalue weighted by Crippen LogP contribution is 2.59. The van der Waals surface area contributed by atoms with Crippen LogP contribution in [-0.4, -0.2) is 0 Å². The Hall–Kier alpha value is -3.91. The average Bonchev–Trinajstić information content (AvgIpc) is 3.26. The predicted molar refractivity (Wildman–Crippen MR) is 169 cm³/mol. The summed E-state index contributed by atoms with van der Waals surface area (Å²) in [4.78, 5) is 0. The van der Waals surface area contributed by atoms with E-state index in [1.807, 2.05) is 6.07 Å². The van der Waals surface area contributed by atoms with E-state index in [1.165, 1.54) is 65.7 Å². The normalized spacial score (nSPS) is 13.6. The Balaban J connectivity index is 1.60. The van der Waals surface area contributed by atoms with E-state index in [2.05, 4.69) is 143 Å². The number of hydrogen-bond donors (Lipinski definition) is 0. The summed E-state index contributed by atoms with van der Waals surface area (Å²) in [6.07, 6.45) is 0. The lowest BCUT2D eigenvalue weighted by Gasteiger charge is -2.34. The molecule has 2 heteroatoms. The zero-order valence-electron chi connectivity index (χ0n) is 21.0. The summed E-state index contributed by atoms with van der Waals surface area (Å²) in [6.45, 7) is 0. The molecule has 0 bridgehead atoms. The molecule has 0 nitrogen and oxygen atoms in total. The molecule has 0 saturated heterocycles. The maximum Gasteiger partial charge on any atom is 0.0715 e. The van der Waals surface area contributed by atoms with Crippen LogP contribution in [0.15, 0.2) is 138 Å². The van der Waals surface area contributed by atoms with Crippen molar-refractivity contribution < 1.29 is 0 Å². The van der Waals surface area contributed by atoms with E-state index in [-0.39, 0.29) is 0 Å². The zero-order chi connectivity index (χ0) is 26.1. The van der Waals surface area contributed by atoms with Gasteiger partial charge in [-0.3, -0.25) is 0 Å².